The first kappa shape index (κ1) is 14.6. The van der Waals surface area contributed by atoms with Gasteiger partial charge in [0.1, 0.15) is 10.2 Å². The fourth-order valence-electron chi connectivity index (χ4n) is 1.11. The number of hydrogen-bond acceptors (Lipinski definition) is 3. The first-order chi connectivity index (χ1) is 8.13. The van der Waals surface area contributed by atoms with Gasteiger partial charge in [0.2, 0.25) is 0 Å². The van der Waals surface area contributed by atoms with Gasteiger partial charge in [-0.1, -0.05) is 0 Å². The topological polar surface area (TPSA) is 59.4 Å². The summed E-state index contributed by atoms with van der Waals surface area (Å²) in [5.41, 5.74) is -2.46. The second kappa shape index (κ2) is 5.04. The zero-order valence-electron chi connectivity index (χ0n) is 8.13. The molecule has 0 aliphatic heterocycles. The van der Waals surface area contributed by atoms with Crippen LogP contribution in [0.1, 0.15) is 22.3 Å². The monoisotopic (exact) mass is 335 g/mol. The third-order valence-electron chi connectivity index (χ3n) is 1.69. The van der Waals surface area contributed by atoms with Crippen LogP contribution in [-0.4, -0.2) is 22.4 Å². The van der Waals surface area contributed by atoms with Crippen molar-refractivity contribution < 1.29 is 36.6 Å². The van der Waals surface area contributed by atoms with Crippen LogP contribution >= 0.6 is 15.9 Å². The van der Waals surface area contributed by atoms with E-state index in [-0.39, 0.29) is 0 Å². The quantitative estimate of drug-likeness (QED) is 0.679. The summed E-state index contributed by atoms with van der Waals surface area (Å²) in [5, 5.41) is 8.69. The lowest BCUT2D eigenvalue weighted by atomic mass is 10.1. The molecule has 0 aromatic carbocycles. The molecule has 1 heterocycles. The molecular weight excluding hydrogens is 333 g/mol. The van der Waals surface area contributed by atoms with Gasteiger partial charge in [0, 0.05) is 0 Å². The number of ether oxygens (including phenoxy) is 1. The van der Waals surface area contributed by atoms with Crippen molar-refractivity contribution in [1.82, 2.24) is 4.98 Å². The number of nitrogens with zero attached hydrogens (tertiary/aromatic N) is 1. The summed E-state index contributed by atoms with van der Waals surface area (Å²) >= 11 is 2.54. The van der Waals surface area contributed by atoms with Crippen molar-refractivity contribution in [3.63, 3.8) is 0 Å². The van der Waals surface area contributed by atoms with E-state index in [1.54, 1.807) is 0 Å². The maximum Gasteiger partial charge on any atom is 0.573 e. The highest BCUT2D eigenvalue weighted by Crippen LogP contribution is 2.36. The predicted molar refractivity (Wildman–Crippen MR) is 50.5 cm³/mol. The van der Waals surface area contributed by atoms with Gasteiger partial charge in [-0.2, -0.15) is 0 Å². The van der Waals surface area contributed by atoms with E-state index in [1.165, 1.54) is 0 Å². The molecule has 1 aromatic rings. The van der Waals surface area contributed by atoms with Crippen molar-refractivity contribution >= 4 is 21.9 Å². The number of carboxylic acid groups (broad SMARTS) is 1. The Balaban J connectivity index is 3.44. The summed E-state index contributed by atoms with van der Waals surface area (Å²) in [6.45, 7) is 0. The van der Waals surface area contributed by atoms with Crippen molar-refractivity contribution in [3.05, 3.63) is 21.9 Å². The minimum absolute atomic E-state index is 0.396. The summed E-state index contributed by atoms with van der Waals surface area (Å²) in [5.74, 6) is -3.28. The van der Waals surface area contributed by atoms with E-state index in [1.807, 2.05) is 0 Å². The van der Waals surface area contributed by atoms with Gasteiger partial charge < -0.3 is 9.84 Å². The number of alkyl halides is 5. The summed E-state index contributed by atoms with van der Waals surface area (Å²) in [4.78, 5) is 13.9. The lowest BCUT2D eigenvalue weighted by molar-refractivity contribution is -0.274. The molecule has 0 saturated heterocycles. The van der Waals surface area contributed by atoms with E-state index in [2.05, 4.69) is 25.7 Å². The summed E-state index contributed by atoms with van der Waals surface area (Å²) in [6.07, 6.45) is -8.14. The average molecular weight is 336 g/mol. The molecule has 18 heavy (non-hydrogen) atoms. The van der Waals surface area contributed by atoms with Gasteiger partial charge in [-0.25, -0.2) is 18.6 Å². The Morgan fingerprint density at radius 3 is 2.39 bits per heavy atom. The molecule has 1 aromatic heterocycles. The number of aromatic carboxylic acids is 1. The Morgan fingerprint density at radius 2 is 2.00 bits per heavy atom. The number of carbonyl (C=O) groups is 1. The van der Waals surface area contributed by atoms with E-state index < -0.39 is 40.2 Å². The predicted octanol–water partition coefficient (Wildman–Crippen LogP) is 3.38. The van der Waals surface area contributed by atoms with Gasteiger partial charge in [0.25, 0.3) is 6.43 Å². The molecule has 0 bridgehead atoms. The number of halogens is 6. The zero-order chi connectivity index (χ0) is 14.1. The Kier molecular flexibility index (Phi) is 4.09. The van der Waals surface area contributed by atoms with E-state index in [9.17, 15) is 26.7 Å². The van der Waals surface area contributed by atoms with Gasteiger partial charge in [-0.3, -0.25) is 0 Å². The van der Waals surface area contributed by atoms with Crippen molar-refractivity contribution in [2.75, 3.05) is 0 Å². The second-order valence-electron chi connectivity index (χ2n) is 2.86. The van der Waals surface area contributed by atoms with Crippen LogP contribution in [0.2, 0.25) is 0 Å². The third kappa shape index (κ3) is 3.28. The van der Waals surface area contributed by atoms with Gasteiger partial charge in [-0.05, 0) is 15.9 Å². The van der Waals surface area contributed by atoms with Crippen molar-refractivity contribution in [2.24, 2.45) is 0 Å². The van der Waals surface area contributed by atoms with Crippen LogP contribution in [0.15, 0.2) is 10.8 Å². The van der Waals surface area contributed by atoms with Crippen LogP contribution < -0.4 is 4.74 Å². The SMILES string of the molecule is O=C(O)c1c(OC(F)(F)F)cnc(Br)c1C(F)F. The molecular formula is C8H3BrF5NO3. The number of pyridine rings is 1. The Labute approximate surface area is 105 Å². The van der Waals surface area contributed by atoms with Crippen LogP contribution in [-0.2, 0) is 0 Å². The fourth-order valence-corrected chi connectivity index (χ4v) is 1.58. The smallest absolute Gasteiger partial charge is 0.478 e. The standard InChI is InChI=1S/C8H3BrF5NO3/c9-5-4(6(10)11)3(7(16)17)2(1-15-5)18-8(12,13)14/h1,6H,(H,16,17). The molecule has 1 rings (SSSR count). The Bertz CT molecular complexity index is 477. The molecule has 0 fully saturated rings. The van der Waals surface area contributed by atoms with Gasteiger partial charge >= 0.3 is 12.3 Å². The number of rotatable bonds is 3. The van der Waals surface area contributed by atoms with E-state index in [4.69, 9.17) is 5.11 Å². The fraction of sp³-hybridized carbons (Fsp3) is 0.250. The molecule has 4 nitrogen and oxygen atoms in total. The number of carboxylic acids is 1. The van der Waals surface area contributed by atoms with Crippen molar-refractivity contribution in [2.45, 2.75) is 12.8 Å². The lowest BCUT2D eigenvalue weighted by Gasteiger charge is -2.14. The van der Waals surface area contributed by atoms with E-state index >= 15 is 0 Å². The van der Waals surface area contributed by atoms with Crippen LogP contribution in [0.4, 0.5) is 22.0 Å². The van der Waals surface area contributed by atoms with Crippen molar-refractivity contribution in [1.29, 1.82) is 0 Å². The summed E-state index contributed by atoms with van der Waals surface area (Å²) in [7, 11) is 0. The third-order valence-corrected chi connectivity index (χ3v) is 2.32. The van der Waals surface area contributed by atoms with Gasteiger partial charge in [0.15, 0.2) is 5.75 Å². The Morgan fingerprint density at radius 1 is 1.44 bits per heavy atom. The maximum absolute atomic E-state index is 12.6. The molecule has 0 amide bonds. The van der Waals surface area contributed by atoms with Crippen LogP contribution in [0.3, 0.4) is 0 Å². The largest absolute Gasteiger partial charge is 0.573 e. The minimum atomic E-state index is -5.21. The molecule has 100 valence electrons. The molecule has 0 radical (unpaired) electrons. The Hall–Kier alpha value is -1.45. The highest BCUT2D eigenvalue weighted by Gasteiger charge is 2.35. The molecule has 1 N–H and O–H groups in total. The zero-order valence-corrected chi connectivity index (χ0v) is 9.72. The molecule has 0 atom stereocenters. The second-order valence-corrected chi connectivity index (χ2v) is 3.61. The highest BCUT2D eigenvalue weighted by molar-refractivity contribution is 9.10. The lowest BCUT2D eigenvalue weighted by Crippen LogP contribution is -2.20. The molecule has 0 saturated carbocycles. The summed E-state index contributed by atoms with van der Waals surface area (Å²) in [6, 6.07) is 0. The maximum atomic E-state index is 12.6. The van der Waals surface area contributed by atoms with Gasteiger partial charge in [-0.15, -0.1) is 13.2 Å². The first-order valence-corrected chi connectivity index (χ1v) is 4.88. The molecule has 0 aliphatic carbocycles. The normalized spacial score (nSPS) is 11.7. The van der Waals surface area contributed by atoms with E-state index in [0.29, 0.717) is 6.20 Å². The molecule has 0 aliphatic rings. The highest BCUT2D eigenvalue weighted by atomic mass is 79.9. The van der Waals surface area contributed by atoms with Crippen LogP contribution in [0, 0.1) is 0 Å². The van der Waals surface area contributed by atoms with Crippen LogP contribution in [0.5, 0.6) is 5.75 Å². The van der Waals surface area contributed by atoms with Gasteiger partial charge in [0.05, 0.1) is 11.8 Å². The number of hydrogen-bond donors (Lipinski definition) is 1. The number of aromatic nitrogens is 1. The van der Waals surface area contributed by atoms with Crippen molar-refractivity contribution in [3.8, 4) is 5.75 Å². The molecule has 10 heteroatoms. The van der Waals surface area contributed by atoms with E-state index in [0.717, 1.165) is 0 Å². The molecule has 0 spiro atoms. The minimum Gasteiger partial charge on any atom is -0.478 e. The summed E-state index contributed by atoms with van der Waals surface area (Å²) < 4.78 is 63.9. The molecule has 0 unspecified atom stereocenters. The first-order valence-electron chi connectivity index (χ1n) is 4.09. The average Bonchev–Trinajstić information content (AvgIpc) is 2.17. The van der Waals surface area contributed by atoms with Crippen LogP contribution in [0.25, 0.3) is 0 Å².